The number of nitrogens with one attached hydrogen (secondary N) is 2. The van der Waals surface area contributed by atoms with Gasteiger partial charge in [0.05, 0.1) is 5.92 Å². The predicted octanol–water partition coefficient (Wildman–Crippen LogP) is 0.588. The molecule has 0 unspecified atom stereocenters. The molecule has 0 radical (unpaired) electrons. The standard InChI is InChI=1S/C13H25N3O/c17-13(12-5-3-6-14-11-12)15-7-4-10-16-8-1-2-9-16/h12,14H,1-11H2,(H,15,17)/t12-/m1/s1. The Morgan fingerprint density at radius 2 is 2.12 bits per heavy atom. The molecular formula is C13H25N3O. The molecule has 2 fully saturated rings. The van der Waals surface area contributed by atoms with Gasteiger partial charge in [-0.2, -0.15) is 0 Å². The molecule has 0 aromatic rings. The number of hydrogen-bond acceptors (Lipinski definition) is 3. The van der Waals surface area contributed by atoms with Crippen molar-refractivity contribution in [3.05, 3.63) is 0 Å². The fourth-order valence-corrected chi connectivity index (χ4v) is 2.74. The quantitative estimate of drug-likeness (QED) is 0.690. The van der Waals surface area contributed by atoms with Crippen LogP contribution < -0.4 is 10.6 Å². The first-order valence-corrected chi connectivity index (χ1v) is 7.07. The van der Waals surface area contributed by atoms with E-state index < -0.39 is 0 Å². The van der Waals surface area contributed by atoms with Crippen LogP contribution in [0.5, 0.6) is 0 Å². The molecule has 4 heteroatoms. The average molecular weight is 239 g/mol. The molecule has 2 heterocycles. The number of likely N-dealkylation sites (tertiary alicyclic amines) is 1. The second-order valence-electron chi connectivity index (χ2n) is 5.24. The van der Waals surface area contributed by atoms with Crippen molar-refractivity contribution in [3.8, 4) is 0 Å². The molecule has 17 heavy (non-hydrogen) atoms. The van der Waals surface area contributed by atoms with Gasteiger partial charge in [-0.25, -0.2) is 0 Å². The highest BCUT2D eigenvalue weighted by molar-refractivity contribution is 5.78. The molecule has 0 aliphatic carbocycles. The summed E-state index contributed by atoms with van der Waals surface area (Å²) in [6, 6.07) is 0. The third kappa shape index (κ3) is 4.28. The third-order valence-electron chi connectivity index (χ3n) is 3.82. The third-order valence-corrected chi connectivity index (χ3v) is 3.82. The van der Waals surface area contributed by atoms with Crippen molar-refractivity contribution >= 4 is 5.91 Å². The Balaban J connectivity index is 1.53. The first-order valence-electron chi connectivity index (χ1n) is 7.07. The molecule has 2 N–H and O–H groups in total. The molecule has 2 aliphatic rings. The van der Waals surface area contributed by atoms with Crippen LogP contribution in [0, 0.1) is 5.92 Å². The maximum absolute atomic E-state index is 11.8. The first-order chi connectivity index (χ1) is 8.36. The molecule has 0 aromatic heterocycles. The predicted molar refractivity (Wildman–Crippen MR) is 68.9 cm³/mol. The van der Waals surface area contributed by atoms with E-state index >= 15 is 0 Å². The van der Waals surface area contributed by atoms with Crippen LogP contribution in [-0.2, 0) is 4.79 Å². The van der Waals surface area contributed by atoms with Crippen molar-refractivity contribution in [1.29, 1.82) is 0 Å². The summed E-state index contributed by atoms with van der Waals surface area (Å²) in [5.74, 6) is 0.453. The van der Waals surface area contributed by atoms with Crippen LogP contribution in [0.1, 0.15) is 32.1 Å². The molecule has 2 aliphatic heterocycles. The summed E-state index contributed by atoms with van der Waals surface area (Å²) in [7, 11) is 0. The van der Waals surface area contributed by atoms with Crippen LogP contribution in [0.3, 0.4) is 0 Å². The zero-order valence-corrected chi connectivity index (χ0v) is 10.7. The van der Waals surface area contributed by atoms with E-state index in [1.807, 2.05) is 0 Å². The van der Waals surface area contributed by atoms with Gasteiger partial charge in [-0.1, -0.05) is 0 Å². The van der Waals surface area contributed by atoms with Gasteiger partial charge in [-0.15, -0.1) is 0 Å². The van der Waals surface area contributed by atoms with Gasteiger partial charge in [0.15, 0.2) is 0 Å². The number of piperidine rings is 1. The fraction of sp³-hybridized carbons (Fsp3) is 0.923. The lowest BCUT2D eigenvalue weighted by atomic mass is 9.99. The topological polar surface area (TPSA) is 44.4 Å². The Labute approximate surface area is 104 Å². The first kappa shape index (κ1) is 12.8. The van der Waals surface area contributed by atoms with E-state index in [-0.39, 0.29) is 11.8 Å². The summed E-state index contributed by atoms with van der Waals surface area (Å²) in [6.45, 7) is 6.41. The monoisotopic (exact) mass is 239 g/mol. The van der Waals surface area contributed by atoms with E-state index in [0.717, 1.165) is 45.4 Å². The zero-order valence-electron chi connectivity index (χ0n) is 10.7. The molecule has 1 amide bonds. The van der Waals surface area contributed by atoms with Gasteiger partial charge in [0.25, 0.3) is 0 Å². The molecule has 2 saturated heterocycles. The number of amides is 1. The van der Waals surface area contributed by atoms with E-state index in [9.17, 15) is 4.79 Å². The molecule has 4 nitrogen and oxygen atoms in total. The van der Waals surface area contributed by atoms with Crippen LogP contribution in [0.2, 0.25) is 0 Å². The van der Waals surface area contributed by atoms with Gasteiger partial charge in [-0.3, -0.25) is 4.79 Å². The zero-order chi connectivity index (χ0) is 11.9. The minimum absolute atomic E-state index is 0.204. The molecule has 1 atom stereocenters. The summed E-state index contributed by atoms with van der Waals surface area (Å²) in [5, 5.41) is 6.35. The molecule has 98 valence electrons. The van der Waals surface area contributed by atoms with Crippen molar-refractivity contribution in [2.75, 3.05) is 39.3 Å². The smallest absolute Gasteiger partial charge is 0.224 e. The highest BCUT2D eigenvalue weighted by Crippen LogP contribution is 2.10. The number of nitrogens with zero attached hydrogens (tertiary/aromatic N) is 1. The largest absolute Gasteiger partial charge is 0.356 e. The van der Waals surface area contributed by atoms with Crippen LogP contribution in [0.15, 0.2) is 0 Å². The number of rotatable bonds is 5. The number of carbonyl (C=O) groups excluding carboxylic acids is 1. The minimum atomic E-state index is 0.204. The van der Waals surface area contributed by atoms with Gasteiger partial charge in [0.1, 0.15) is 0 Å². The van der Waals surface area contributed by atoms with Crippen molar-refractivity contribution in [2.24, 2.45) is 5.92 Å². The van der Waals surface area contributed by atoms with E-state index in [1.165, 1.54) is 25.9 Å². The van der Waals surface area contributed by atoms with Crippen molar-refractivity contribution in [2.45, 2.75) is 32.1 Å². The van der Waals surface area contributed by atoms with Crippen molar-refractivity contribution in [3.63, 3.8) is 0 Å². The minimum Gasteiger partial charge on any atom is -0.356 e. The molecule has 2 rings (SSSR count). The highest BCUT2D eigenvalue weighted by atomic mass is 16.1. The van der Waals surface area contributed by atoms with Crippen molar-refractivity contribution in [1.82, 2.24) is 15.5 Å². The molecule has 0 aromatic carbocycles. The van der Waals surface area contributed by atoms with Crippen LogP contribution in [0.25, 0.3) is 0 Å². The van der Waals surface area contributed by atoms with Gasteiger partial charge >= 0.3 is 0 Å². The van der Waals surface area contributed by atoms with Gasteiger partial charge < -0.3 is 15.5 Å². The molecule has 0 bridgehead atoms. The lowest BCUT2D eigenvalue weighted by Gasteiger charge is -2.22. The van der Waals surface area contributed by atoms with E-state index in [0.29, 0.717) is 0 Å². The van der Waals surface area contributed by atoms with E-state index in [1.54, 1.807) is 0 Å². The summed E-state index contributed by atoms with van der Waals surface area (Å²) < 4.78 is 0. The van der Waals surface area contributed by atoms with Gasteiger partial charge in [-0.05, 0) is 58.3 Å². The SMILES string of the molecule is O=C(NCCCN1CCCC1)[C@@H]1CCCNC1. The van der Waals surface area contributed by atoms with E-state index in [4.69, 9.17) is 0 Å². The molecular weight excluding hydrogens is 214 g/mol. The Kier molecular flexibility index (Phi) is 5.26. The summed E-state index contributed by atoms with van der Waals surface area (Å²) in [4.78, 5) is 14.3. The number of carbonyl (C=O) groups is 1. The number of hydrogen-bond donors (Lipinski definition) is 2. The van der Waals surface area contributed by atoms with Gasteiger partial charge in [0.2, 0.25) is 5.91 Å². The average Bonchev–Trinajstić information content (AvgIpc) is 2.88. The summed E-state index contributed by atoms with van der Waals surface area (Å²) in [5.41, 5.74) is 0. The maximum atomic E-state index is 11.8. The van der Waals surface area contributed by atoms with Crippen LogP contribution in [-0.4, -0.2) is 50.1 Å². The van der Waals surface area contributed by atoms with Crippen LogP contribution in [0.4, 0.5) is 0 Å². The molecule has 0 saturated carbocycles. The Hall–Kier alpha value is -0.610. The lowest BCUT2D eigenvalue weighted by molar-refractivity contribution is -0.125. The Morgan fingerprint density at radius 1 is 1.29 bits per heavy atom. The second kappa shape index (κ2) is 6.97. The fourth-order valence-electron chi connectivity index (χ4n) is 2.74. The molecule has 0 spiro atoms. The Morgan fingerprint density at radius 3 is 2.82 bits per heavy atom. The van der Waals surface area contributed by atoms with Crippen molar-refractivity contribution < 1.29 is 4.79 Å². The highest BCUT2D eigenvalue weighted by Gasteiger charge is 2.20. The maximum Gasteiger partial charge on any atom is 0.224 e. The second-order valence-corrected chi connectivity index (χ2v) is 5.24. The van der Waals surface area contributed by atoms with E-state index in [2.05, 4.69) is 15.5 Å². The van der Waals surface area contributed by atoms with Gasteiger partial charge in [0, 0.05) is 13.1 Å². The van der Waals surface area contributed by atoms with Crippen LogP contribution >= 0.6 is 0 Å². The summed E-state index contributed by atoms with van der Waals surface area (Å²) in [6.07, 6.45) is 5.96. The normalized spacial score (nSPS) is 26.0. The summed E-state index contributed by atoms with van der Waals surface area (Å²) >= 11 is 0. The Bertz CT molecular complexity index is 233. The lowest BCUT2D eigenvalue weighted by Crippen LogP contribution is -2.41.